The van der Waals surface area contributed by atoms with E-state index in [1.54, 1.807) is 39.8 Å². The van der Waals surface area contributed by atoms with E-state index in [2.05, 4.69) is 20.4 Å². The molecule has 0 bridgehead atoms. The molecule has 36 heavy (non-hydrogen) atoms. The van der Waals surface area contributed by atoms with E-state index in [0.29, 0.717) is 30.0 Å². The number of fused-ring (bicyclic) bond motifs is 1. The number of rotatable bonds is 7. The van der Waals surface area contributed by atoms with Gasteiger partial charge in [-0.2, -0.15) is 0 Å². The first kappa shape index (κ1) is 25.1. The molecule has 1 aliphatic heterocycles. The maximum Gasteiger partial charge on any atom is 0.407 e. The molecule has 0 saturated carbocycles. The second-order valence-electron chi connectivity index (χ2n) is 9.67. The summed E-state index contributed by atoms with van der Waals surface area (Å²) < 4.78 is 26.7. The molecule has 192 valence electrons. The fourth-order valence-electron chi connectivity index (χ4n) is 4.08. The van der Waals surface area contributed by atoms with Crippen molar-refractivity contribution in [3.05, 3.63) is 47.7 Å². The van der Waals surface area contributed by atoms with Gasteiger partial charge in [0, 0.05) is 12.1 Å². The van der Waals surface area contributed by atoms with Gasteiger partial charge in [-0.3, -0.25) is 0 Å². The standard InChI is InChI=1S/C24H29FN6O5/c1-14(28-23(34)36-24(2,3)4)13-35-21-16(10-15(25)11-27-21)17-6-5-9-30(17)20-8-7-19-26-12-18(22(32)33)31(19)29-20/h7-8,10-12,14,17H,5-6,9,13H2,1-4H3,(H,28,34)(H,32,33)/t14-,17?/m0/s1. The summed E-state index contributed by atoms with van der Waals surface area (Å²) in [6.45, 7) is 7.82. The fourth-order valence-corrected chi connectivity index (χ4v) is 4.08. The summed E-state index contributed by atoms with van der Waals surface area (Å²) >= 11 is 0. The second-order valence-corrected chi connectivity index (χ2v) is 9.67. The van der Waals surface area contributed by atoms with Crippen molar-refractivity contribution < 1.29 is 28.6 Å². The average Bonchev–Trinajstić information content (AvgIpc) is 3.43. The van der Waals surface area contributed by atoms with E-state index in [9.17, 15) is 19.1 Å². The van der Waals surface area contributed by atoms with Gasteiger partial charge >= 0.3 is 12.1 Å². The topological polar surface area (TPSA) is 131 Å². The van der Waals surface area contributed by atoms with Crippen LogP contribution in [0.15, 0.2) is 30.6 Å². The summed E-state index contributed by atoms with van der Waals surface area (Å²) in [6, 6.07) is 4.15. The third-order valence-corrected chi connectivity index (χ3v) is 5.55. The number of hydrogen-bond donors (Lipinski definition) is 2. The molecule has 1 amide bonds. The molecule has 1 aliphatic rings. The number of nitrogens with one attached hydrogen (secondary N) is 1. The van der Waals surface area contributed by atoms with Crippen molar-refractivity contribution in [2.75, 3.05) is 18.1 Å². The highest BCUT2D eigenvalue weighted by Gasteiger charge is 2.31. The minimum Gasteiger partial charge on any atom is -0.476 e. The van der Waals surface area contributed by atoms with Crippen molar-refractivity contribution in [2.45, 2.75) is 58.2 Å². The lowest BCUT2D eigenvalue weighted by Gasteiger charge is -2.27. The van der Waals surface area contributed by atoms with E-state index in [-0.39, 0.29) is 30.3 Å². The van der Waals surface area contributed by atoms with E-state index < -0.39 is 23.5 Å². The van der Waals surface area contributed by atoms with Crippen molar-refractivity contribution in [2.24, 2.45) is 0 Å². The number of carbonyl (C=O) groups excluding carboxylic acids is 1. The van der Waals surface area contributed by atoms with Crippen molar-refractivity contribution in [3.8, 4) is 5.88 Å². The molecule has 0 radical (unpaired) electrons. The number of aromatic nitrogens is 4. The minimum absolute atomic E-state index is 0.0504. The third-order valence-electron chi connectivity index (χ3n) is 5.55. The van der Waals surface area contributed by atoms with Crippen LogP contribution < -0.4 is 15.0 Å². The number of pyridine rings is 1. The summed E-state index contributed by atoms with van der Waals surface area (Å²) in [5, 5.41) is 16.6. The molecule has 0 aromatic carbocycles. The Bertz CT molecular complexity index is 1270. The van der Waals surface area contributed by atoms with Crippen molar-refractivity contribution in [3.63, 3.8) is 0 Å². The number of imidazole rings is 1. The van der Waals surface area contributed by atoms with E-state index in [1.165, 1.54) is 16.8 Å². The van der Waals surface area contributed by atoms with E-state index in [0.717, 1.165) is 12.6 Å². The van der Waals surface area contributed by atoms with Crippen LogP contribution in [-0.2, 0) is 4.74 Å². The maximum absolute atomic E-state index is 14.3. The highest BCUT2D eigenvalue weighted by atomic mass is 19.1. The number of carboxylic acid groups (broad SMARTS) is 1. The third kappa shape index (κ3) is 5.64. The van der Waals surface area contributed by atoms with Crippen molar-refractivity contribution in [1.82, 2.24) is 24.9 Å². The van der Waals surface area contributed by atoms with Gasteiger partial charge in [-0.15, -0.1) is 5.10 Å². The lowest BCUT2D eigenvalue weighted by molar-refractivity contribution is 0.0492. The number of carboxylic acids is 1. The molecule has 12 heteroatoms. The van der Waals surface area contributed by atoms with Gasteiger partial charge in [0.15, 0.2) is 11.3 Å². The number of alkyl carbamates (subject to hydrolysis) is 1. The molecule has 0 aliphatic carbocycles. The van der Waals surface area contributed by atoms with Gasteiger partial charge in [0.2, 0.25) is 5.88 Å². The molecule has 2 N–H and O–H groups in total. The first-order valence-corrected chi connectivity index (χ1v) is 11.6. The summed E-state index contributed by atoms with van der Waals surface area (Å²) in [5.74, 6) is -0.860. The van der Waals surface area contributed by atoms with Gasteiger partial charge < -0.3 is 24.8 Å². The van der Waals surface area contributed by atoms with Crippen molar-refractivity contribution in [1.29, 1.82) is 0 Å². The van der Waals surface area contributed by atoms with Crippen LogP contribution in [0.4, 0.5) is 15.0 Å². The molecule has 2 atom stereocenters. The highest BCUT2D eigenvalue weighted by Crippen LogP contribution is 2.39. The Labute approximate surface area is 207 Å². The normalized spacial score (nSPS) is 16.7. The van der Waals surface area contributed by atoms with Crippen LogP contribution >= 0.6 is 0 Å². The van der Waals surface area contributed by atoms with Crippen LogP contribution in [0.5, 0.6) is 5.88 Å². The van der Waals surface area contributed by atoms with Gasteiger partial charge in [-0.1, -0.05) is 0 Å². The summed E-state index contributed by atoms with van der Waals surface area (Å²) in [6.07, 6.45) is 3.29. The van der Waals surface area contributed by atoms with E-state index in [4.69, 9.17) is 9.47 Å². The number of nitrogens with zero attached hydrogens (tertiary/aromatic N) is 5. The number of aromatic carboxylic acids is 1. The number of amides is 1. The zero-order chi connectivity index (χ0) is 26.0. The summed E-state index contributed by atoms with van der Waals surface area (Å²) in [4.78, 5) is 33.8. The fraction of sp³-hybridized carbons (Fsp3) is 0.458. The van der Waals surface area contributed by atoms with Gasteiger partial charge in [-0.25, -0.2) is 28.5 Å². The number of halogens is 1. The zero-order valence-corrected chi connectivity index (χ0v) is 20.6. The first-order valence-electron chi connectivity index (χ1n) is 11.6. The Morgan fingerprint density at radius 1 is 1.28 bits per heavy atom. The number of anilines is 1. The van der Waals surface area contributed by atoms with Gasteiger partial charge in [0.05, 0.1) is 24.5 Å². The summed E-state index contributed by atoms with van der Waals surface area (Å²) in [7, 11) is 0. The lowest BCUT2D eigenvalue weighted by Crippen LogP contribution is -2.40. The van der Waals surface area contributed by atoms with Crippen LogP contribution in [0.2, 0.25) is 0 Å². The van der Waals surface area contributed by atoms with Crippen LogP contribution in [-0.4, -0.2) is 61.5 Å². The molecule has 3 aromatic rings. The Kier molecular flexibility index (Phi) is 6.95. The molecule has 0 spiro atoms. The molecule has 1 fully saturated rings. The SMILES string of the molecule is C[C@@H](COc1ncc(F)cc1C1CCCN1c1ccc2ncc(C(=O)O)n2n1)NC(=O)OC(C)(C)C. The monoisotopic (exact) mass is 500 g/mol. The molecule has 4 heterocycles. The molecular weight excluding hydrogens is 471 g/mol. The van der Waals surface area contributed by atoms with Crippen LogP contribution in [0, 0.1) is 5.82 Å². The molecule has 3 aromatic heterocycles. The number of hydrogen-bond acceptors (Lipinski definition) is 8. The maximum atomic E-state index is 14.3. The number of ether oxygens (including phenoxy) is 2. The quantitative estimate of drug-likeness (QED) is 0.499. The Balaban J connectivity index is 1.54. The van der Waals surface area contributed by atoms with Crippen LogP contribution in [0.25, 0.3) is 5.65 Å². The smallest absolute Gasteiger partial charge is 0.407 e. The Morgan fingerprint density at radius 3 is 2.78 bits per heavy atom. The molecule has 4 rings (SSSR count). The van der Waals surface area contributed by atoms with Crippen molar-refractivity contribution >= 4 is 23.5 Å². The van der Waals surface area contributed by atoms with Gasteiger partial charge in [0.1, 0.15) is 23.8 Å². The zero-order valence-electron chi connectivity index (χ0n) is 20.6. The Hall–Kier alpha value is -3.96. The summed E-state index contributed by atoms with van der Waals surface area (Å²) in [5.41, 5.74) is 0.282. The molecule has 1 unspecified atom stereocenters. The van der Waals surface area contributed by atoms with E-state index >= 15 is 0 Å². The number of carbonyl (C=O) groups is 2. The minimum atomic E-state index is -1.13. The largest absolute Gasteiger partial charge is 0.476 e. The predicted molar refractivity (Wildman–Crippen MR) is 128 cm³/mol. The van der Waals surface area contributed by atoms with Gasteiger partial charge in [-0.05, 0) is 58.7 Å². The second kappa shape index (κ2) is 9.96. The Morgan fingerprint density at radius 2 is 2.06 bits per heavy atom. The van der Waals surface area contributed by atoms with Crippen LogP contribution in [0.1, 0.15) is 62.6 Å². The highest BCUT2D eigenvalue weighted by molar-refractivity contribution is 5.86. The van der Waals surface area contributed by atoms with E-state index in [1.807, 2.05) is 4.90 Å². The molecular formula is C24H29FN6O5. The predicted octanol–water partition coefficient (Wildman–Crippen LogP) is 3.60. The van der Waals surface area contributed by atoms with Crippen LogP contribution in [0.3, 0.4) is 0 Å². The van der Waals surface area contributed by atoms with Gasteiger partial charge in [0.25, 0.3) is 0 Å². The molecule has 1 saturated heterocycles. The average molecular weight is 501 g/mol. The lowest BCUT2D eigenvalue weighted by atomic mass is 10.1. The molecule has 11 nitrogen and oxygen atoms in total. The first-order chi connectivity index (χ1) is 17.0.